The topological polar surface area (TPSA) is 87.7 Å². The first-order valence-electron chi connectivity index (χ1n) is 11.8. The third kappa shape index (κ3) is 6.73. The number of nitrogens with zero attached hydrogens (tertiary/aromatic N) is 1. The molecule has 3 amide bonds. The lowest BCUT2D eigenvalue weighted by Gasteiger charge is -2.35. The zero-order valence-corrected chi connectivity index (χ0v) is 22.1. The molecule has 0 saturated carbocycles. The highest BCUT2D eigenvalue weighted by molar-refractivity contribution is 7.12. The third-order valence-electron chi connectivity index (χ3n) is 5.96. The van der Waals surface area contributed by atoms with Crippen LogP contribution in [0.4, 0.5) is 5.69 Å². The predicted octanol–water partition coefficient (Wildman–Crippen LogP) is 4.87. The van der Waals surface area contributed by atoms with Gasteiger partial charge in [-0.25, -0.2) is 0 Å². The Kier molecular flexibility index (Phi) is 8.88. The van der Waals surface area contributed by atoms with Gasteiger partial charge in [0.15, 0.2) is 0 Å². The molecule has 190 valence electrons. The Balaban J connectivity index is 2.06. The van der Waals surface area contributed by atoms with Gasteiger partial charge in [0.05, 0.1) is 18.5 Å². The molecule has 0 saturated heterocycles. The van der Waals surface area contributed by atoms with Crippen molar-refractivity contribution in [3.8, 4) is 5.75 Å². The Morgan fingerprint density at radius 3 is 2.44 bits per heavy atom. The first-order valence-corrected chi connectivity index (χ1v) is 12.7. The van der Waals surface area contributed by atoms with Crippen LogP contribution < -0.4 is 20.3 Å². The van der Waals surface area contributed by atoms with Crippen molar-refractivity contribution in [2.24, 2.45) is 0 Å². The lowest BCUT2D eigenvalue weighted by molar-refractivity contribution is -0.127. The number of hydrogen-bond donors (Lipinski definition) is 2. The molecule has 3 rings (SSSR count). The van der Waals surface area contributed by atoms with E-state index < -0.39 is 17.5 Å². The van der Waals surface area contributed by atoms with Crippen LogP contribution in [0.3, 0.4) is 0 Å². The van der Waals surface area contributed by atoms with E-state index in [2.05, 4.69) is 10.6 Å². The normalized spacial score (nSPS) is 11.9. The maximum Gasteiger partial charge on any atom is 0.261 e. The molecule has 0 unspecified atom stereocenters. The smallest absolute Gasteiger partial charge is 0.261 e. The minimum atomic E-state index is -0.987. The summed E-state index contributed by atoms with van der Waals surface area (Å²) in [6.07, 6.45) is 0.707. The summed E-state index contributed by atoms with van der Waals surface area (Å²) >= 11 is 1.30. The summed E-state index contributed by atoms with van der Waals surface area (Å²) in [5, 5.41) is 7.59. The van der Waals surface area contributed by atoms with E-state index in [9.17, 15) is 14.4 Å². The summed E-state index contributed by atoms with van der Waals surface area (Å²) in [7, 11) is 1.55. The molecule has 1 heterocycles. The van der Waals surface area contributed by atoms with E-state index in [1.807, 2.05) is 45.9 Å². The molecule has 3 aromatic rings. The Bertz CT molecular complexity index is 1210. The number of carbonyl (C=O) groups is 3. The Morgan fingerprint density at radius 2 is 1.81 bits per heavy atom. The number of anilines is 1. The second-order valence-electron chi connectivity index (χ2n) is 9.17. The lowest BCUT2D eigenvalue weighted by atomic mass is 9.98. The van der Waals surface area contributed by atoms with Crippen LogP contribution in [0.25, 0.3) is 0 Å². The van der Waals surface area contributed by atoms with Gasteiger partial charge in [0.1, 0.15) is 11.8 Å². The number of thiophene rings is 1. The quantitative estimate of drug-likeness (QED) is 0.410. The number of benzene rings is 2. The highest BCUT2D eigenvalue weighted by Gasteiger charge is 2.35. The fourth-order valence-electron chi connectivity index (χ4n) is 3.67. The molecule has 1 aromatic heterocycles. The molecule has 36 heavy (non-hydrogen) atoms. The second kappa shape index (κ2) is 11.9. The Hall–Kier alpha value is -3.65. The van der Waals surface area contributed by atoms with E-state index in [4.69, 9.17) is 4.74 Å². The first-order chi connectivity index (χ1) is 17.1. The largest absolute Gasteiger partial charge is 0.497 e. The van der Waals surface area contributed by atoms with E-state index in [0.29, 0.717) is 28.3 Å². The van der Waals surface area contributed by atoms with Gasteiger partial charge in [-0.15, -0.1) is 11.3 Å². The second-order valence-corrected chi connectivity index (χ2v) is 10.1. The van der Waals surface area contributed by atoms with Crippen LogP contribution in [0.1, 0.15) is 54.0 Å². The van der Waals surface area contributed by atoms with Crippen LogP contribution in [0.2, 0.25) is 0 Å². The SMILES string of the molecule is CCC(C)(C)NC(=O)[C@@H](c1cccc(OC)c1)N(C(=O)CNC(=O)c1cccs1)c1cccc(C)c1. The molecule has 0 radical (unpaired) electrons. The molecule has 0 aliphatic rings. The number of aryl methyl sites for hydroxylation is 1. The molecule has 0 aliphatic heterocycles. The van der Waals surface area contributed by atoms with Crippen LogP contribution >= 0.6 is 11.3 Å². The molecule has 7 nitrogen and oxygen atoms in total. The van der Waals surface area contributed by atoms with Gasteiger partial charge in [-0.2, -0.15) is 0 Å². The van der Waals surface area contributed by atoms with Gasteiger partial charge >= 0.3 is 0 Å². The van der Waals surface area contributed by atoms with Crippen molar-refractivity contribution in [1.82, 2.24) is 10.6 Å². The van der Waals surface area contributed by atoms with Crippen molar-refractivity contribution in [3.63, 3.8) is 0 Å². The molecule has 0 fully saturated rings. The summed E-state index contributed by atoms with van der Waals surface area (Å²) in [6, 6.07) is 17.0. The van der Waals surface area contributed by atoms with Crippen molar-refractivity contribution in [2.45, 2.75) is 45.7 Å². The van der Waals surface area contributed by atoms with E-state index in [1.165, 1.54) is 16.2 Å². The Labute approximate surface area is 216 Å². The van der Waals surface area contributed by atoms with Gasteiger partial charge in [0.25, 0.3) is 5.91 Å². The number of amides is 3. The van der Waals surface area contributed by atoms with Gasteiger partial charge in [0, 0.05) is 11.2 Å². The van der Waals surface area contributed by atoms with Crippen LogP contribution in [0.15, 0.2) is 66.0 Å². The third-order valence-corrected chi connectivity index (χ3v) is 6.82. The lowest BCUT2D eigenvalue weighted by Crippen LogP contribution is -2.52. The van der Waals surface area contributed by atoms with Gasteiger partial charge in [-0.3, -0.25) is 19.3 Å². The predicted molar refractivity (Wildman–Crippen MR) is 144 cm³/mol. The molecular formula is C28H33N3O4S. The van der Waals surface area contributed by atoms with E-state index in [-0.39, 0.29) is 18.4 Å². The first kappa shape index (κ1) is 26.9. The highest BCUT2D eigenvalue weighted by atomic mass is 32.1. The molecule has 0 bridgehead atoms. The maximum atomic E-state index is 13.8. The van der Waals surface area contributed by atoms with Crippen molar-refractivity contribution in [3.05, 3.63) is 82.0 Å². The molecule has 8 heteroatoms. The summed E-state index contributed by atoms with van der Waals surface area (Å²) in [5.74, 6) is -0.503. The summed E-state index contributed by atoms with van der Waals surface area (Å²) in [6.45, 7) is 7.52. The molecular weight excluding hydrogens is 474 g/mol. The fourth-order valence-corrected chi connectivity index (χ4v) is 4.31. The molecule has 0 aliphatic carbocycles. The van der Waals surface area contributed by atoms with E-state index in [0.717, 1.165) is 5.56 Å². The zero-order valence-electron chi connectivity index (χ0n) is 21.3. The van der Waals surface area contributed by atoms with Crippen molar-refractivity contribution in [1.29, 1.82) is 0 Å². The highest BCUT2D eigenvalue weighted by Crippen LogP contribution is 2.31. The van der Waals surface area contributed by atoms with Crippen LogP contribution in [-0.4, -0.2) is 36.9 Å². The molecule has 0 spiro atoms. The van der Waals surface area contributed by atoms with Gasteiger partial charge in [0.2, 0.25) is 11.8 Å². The van der Waals surface area contributed by atoms with Gasteiger partial charge in [-0.1, -0.05) is 37.3 Å². The number of nitrogens with one attached hydrogen (secondary N) is 2. The number of rotatable bonds is 10. The van der Waals surface area contributed by atoms with Gasteiger partial charge in [-0.05, 0) is 74.0 Å². The minimum Gasteiger partial charge on any atom is -0.497 e. The van der Waals surface area contributed by atoms with Crippen molar-refractivity contribution >= 4 is 34.7 Å². The number of carbonyl (C=O) groups excluding carboxylic acids is 3. The summed E-state index contributed by atoms with van der Waals surface area (Å²) < 4.78 is 5.40. The fraction of sp³-hybridized carbons (Fsp3) is 0.321. The summed E-state index contributed by atoms with van der Waals surface area (Å²) in [4.78, 5) is 42.1. The van der Waals surface area contributed by atoms with Crippen LogP contribution in [0, 0.1) is 6.92 Å². The monoisotopic (exact) mass is 507 g/mol. The number of hydrogen-bond acceptors (Lipinski definition) is 5. The Morgan fingerprint density at radius 1 is 1.06 bits per heavy atom. The van der Waals surface area contributed by atoms with Crippen molar-refractivity contribution < 1.29 is 19.1 Å². The molecule has 2 aromatic carbocycles. The zero-order chi connectivity index (χ0) is 26.3. The number of methoxy groups -OCH3 is 1. The average Bonchev–Trinajstić information content (AvgIpc) is 3.40. The summed E-state index contributed by atoms with van der Waals surface area (Å²) in [5.41, 5.74) is 1.61. The molecule has 1 atom stereocenters. The molecule has 2 N–H and O–H groups in total. The minimum absolute atomic E-state index is 0.268. The standard InChI is InChI=1S/C28H33N3O4S/c1-6-28(3,4)30-27(34)25(20-11-8-13-22(17-20)35-5)31(21-12-7-10-19(2)16-21)24(32)18-29-26(33)23-14-9-15-36-23/h7-17,25H,6,18H2,1-5H3,(H,29,33)(H,30,34)/t25-/m1/s1. The van der Waals surface area contributed by atoms with Crippen molar-refractivity contribution in [2.75, 3.05) is 18.6 Å². The number of ether oxygens (including phenoxy) is 1. The van der Waals surface area contributed by atoms with E-state index in [1.54, 1.807) is 55.0 Å². The maximum absolute atomic E-state index is 13.8. The van der Waals surface area contributed by atoms with E-state index >= 15 is 0 Å². The average molecular weight is 508 g/mol. The van der Waals surface area contributed by atoms with Crippen LogP contribution in [-0.2, 0) is 9.59 Å². The van der Waals surface area contributed by atoms with Gasteiger partial charge < -0.3 is 15.4 Å². The van der Waals surface area contributed by atoms with Crippen LogP contribution in [0.5, 0.6) is 5.75 Å².